The van der Waals surface area contributed by atoms with Gasteiger partial charge < -0.3 is 0 Å². The molecule has 162 valence electrons. The van der Waals surface area contributed by atoms with Crippen molar-refractivity contribution in [3.05, 3.63) is 95.6 Å². The first-order valence-corrected chi connectivity index (χ1v) is 14.0. The molecule has 7 heteroatoms. The molecule has 0 N–H and O–H groups in total. The van der Waals surface area contributed by atoms with Gasteiger partial charge in [-0.2, -0.15) is 0 Å². The van der Waals surface area contributed by atoms with Crippen molar-refractivity contribution in [3.63, 3.8) is 0 Å². The van der Waals surface area contributed by atoms with Crippen LogP contribution in [0.15, 0.2) is 73.3 Å². The van der Waals surface area contributed by atoms with Crippen LogP contribution in [0.4, 0.5) is 0 Å². The molecule has 0 atom stereocenters. The minimum absolute atomic E-state index is 0.346. The molecular formula is C24H24Cl2N4Ru. The van der Waals surface area contributed by atoms with Crippen LogP contribution in [-0.4, -0.2) is 19.9 Å². The number of hydrogen-bond acceptors (Lipinski definition) is 4. The Labute approximate surface area is 199 Å². The third kappa shape index (κ3) is 8.82. The molecule has 0 aliphatic rings. The fourth-order valence-electron chi connectivity index (χ4n) is 2.48. The molecule has 4 nitrogen and oxygen atoms in total. The van der Waals surface area contributed by atoms with E-state index >= 15 is 0 Å². The van der Waals surface area contributed by atoms with E-state index in [4.69, 9.17) is 19.4 Å². The van der Waals surface area contributed by atoms with E-state index < -0.39 is 0 Å². The molecule has 0 saturated heterocycles. The summed E-state index contributed by atoms with van der Waals surface area (Å²) >= 11 is -0.346. The number of hydrogen-bond donors (Lipinski definition) is 0. The Kier molecular flexibility index (Phi) is 10.7. The van der Waals surface area contributed by atoms with E-state index in [0.29, 0.717) is 0 Å². The molecule has 0 unspecified atom stereocenters. The molecule has 0 fully saturated rings. The predicted molar refractivity (Wildman–Crippen MR) is 126 cm³/mol. The van der Waals surface area contributed by atoms with E-state index in [9.17, 15) is 0 Å². The van der Waals surface area contributed by atoms with Crippen molar-refractivity contribution in [3.8, 4) is 22.8 Å². The van der Waals surface area contributed by atoms with Gasteiger partial charge in [0.2, 0.25) is 0 Å². The van der Waals surface area contributed by atoms with Crippen LogP contribution in [-0.2, 0) is 15.1 Å². The van der Waals surface area contributed by atoms with Crippen LogP contribution in [0.1, 0.15) is 22.3 Å². The second kappa shape index (κ2) is 13.3. The molecule has 4 aromatic heterocycles. The molecule has 0 spiro atoms. The van der Waals surface area contributed by atoms with E-state index in [1.54, 1.807) is 0 Å². The summed E-state index contributed by atoms with van der Waals surface area (Å²) < 4.78 is 0. The SMILES string of the molecule is Cc1ccc(-c2ccc(C)cn2)nc1.Cc1ccc(-c2ccc(C)cn2)nc1.[Cl][Ru][Cl]. The second-order valence-corrected chi connectivity index (χ2v) is 9.57. The van der Waals surface area contributed by atoms with E-state index in [-0.39, 0.29) is 15.1 Å². The van der Waals surface area contributed by atoms with Crippen LogP contribution in [0.5, 0.6) is 0 Å². The Hall–Kier alpha value is -2.20. The zero-order valence-electron chi connectivity index (χ0n) is 17.8. The van der Waals surface area contributed by atoms with Crippen molar-refractivity contribution in [1.29, 1.82) is 0 Å². The molecule has 4 heterocycles. The molecule has 0 aromatic carbocycles. The molecule has 4 rings (SSSR count). The summed E-state index contributed by atoms with van der Waals surface area (Å²) in [6.07, 6.45) is 7.43. The van der Waals surface area contributed by atoms with E-state index in [1.807, 2.05) is 101 Å². The molecule has 31 heavy (non-hydrogen) atoms. The summed E-state index contributed by atoms with van der Waals surface area (Å²) in [4.78, 5) is 17.3. The van der Waals surface area contributed by atoms with Crippen molar-refractivity contribution < 1.29 is 15.1 Å². The first kappa shape index (κ1) is 25.1. The summed E-state index contributed by atoms with van der Waals surface area (Å²) in [7, 11) is 9.71. The summed E-state index contributed by atoms with van der Waals surface area (Å²) in [5.41, 5.74) is 8.38. The molecule has 0 saturated carbocycles. The van der Waals surface area contributed by atoms with E-state index in [1.165, 1.54) is 22.3 Å². The number of aromatic nitrogens is 4. The number of aryl methyl sites for hydroxylation is 4. The molecule has 0 bridgehead atoms. The van der Waals surface area contributed by atoms with Crippen LogP contribution in [0.25, 0.3) is 22.8 Å². The Morgan fingerprint density at radius 2 is 0.645 bits per heavy atom. The van der Waals surface area contributed by atoms with Crippen LogP contribution in [0.3, 0.4) is 0 Å². The maximum absolute atomic E-state index is 4.85. The van der Waals surface area contributed by atoms with Gasteiger partial charge in [0, 0.05) is 24.8 Å². The van der Waals surface area contributed by atoms with Crippen LogP contribution >= 0.6 is 19.4 Å². The first-order chi connectivity index (χ1) is 14.9. The van der Waals surface area contributed by atoms with E-state index in [2.05, 4.69) is 19.9 Å². The number of rotatable bonds is 2. The van der Waals surface area contributed by atoms with E-state index in [0.717, 1.165) is 22.8 Å². The van der Waals surface area contributed by atoms with Crippen LogP contribution < -0.4 is 0 Å². The Morgan fingerprint density at radius 3 is 0.774 bits per heavy atom. The Morgan fingerprint density at radius 1 is 0.452 bits per heavy atom. The quantitative estimate of drug-likeness (QED) is 0.260. The van der Waals surface area contributed by atoms with Gasteiger partial charge in [0.15, 0.2) is 0 Å². The molecular weight excluding hydrogens is 516 g/mol. The van der Waals surface area contributed by atoms with Gasteiger partial charge in [-0.25, -0.2) is 0 Å². The standard InChI is InChI=1S/2C12H12N2.2ClH.Ru/c2*1-9-3-5-11(13-7-9)12-6-4-10(2)8-14-12;;;/h2*3-8H,1-2H3;2*1H;/q;;;;+2/p-2. The number of halogens is 2. The fraction of sp³-hybridized carbons (Fsp3) is 0.167. The van der Waals surface area contributed by atoms with Crippen LogP contribution in [0, 0.1) is 27.7 Å². The second-order valence-electron chi connectivity index (χ2n) is 6.93. The topological polar surface area (TPSA) is 51.6 Å². The maximum atomic E-state index is 4.85. The summed E-state index contributed by atoms with van der Waals surface area (Å²) in [6.45, 7) is 8.11. The van der Waals surface area contributed by atoms with Crippen molar-refractivity contribution in [2.75, 3.05) is 0 Å². The van der Waals surface area contributed by atoms with Crippen LogP contribution in [0.2, 0.25) is 0 Å². The first-order valence-electron chi connectivity index (χ1n) is 9.49. The zero-order chi connectivity index (χ0) is 22.6. The Bertz CT molecular complexity index is 863. The molecule has 0 aliphatic heterocycles. The Balaban J connectivity index is 0.000000196. The molecule has 0 amide bonds. The normalized spacial score (nSPS) is 9.87. The van der Waals surface area contributed by atoms with Gasteiger partial charge >= 0.3 is 34.5 Å². The third-order valence-electron chi connectivity index (χ3n) is 4.17. The monoisotopic (exact) mass is 540 g/mol. The summed E-state index contributed by atoms with van der Waals surface area (Å²) in [5, 5.41) is 0. The van der Waals surface area contributed by atoms with Gasteiger partial charge in [-0.1, -0.05) is 24.3 Å². The molecule has 0 aliphatic carbocycles. The van der Waals surface area contributed by atoms with Gasteiger partial charge in [0.1, 0.15) is 0 Å². The van der Waals surface area contributed by atoms with Gasteiger partial charge in [0.05, 0.1) is 22.8 Å². The van der Waals surface area contributed by atoms with Crippen molar-refractivity contribution in [1.82, 2.24) is 19.9 Å². The van der Waals surface area contributed by atoms with Crippen molar-refractivity contribution in [2.45, 2.75) is 27.7 Å². The van der Waals surface area contributed by atoms with Gasteiger partial charge in [-0.05, 0) is 74.2 Å². The van der Waals surface area contributed by atoms with Crippen molar-refractivity contribution >= 4 is 19.4 Å². The van der Waals surface area contributed by atoms with Crippen molar-refractivity contribution in [2.24, 2.45) is 0 Å². The molecule has 0 radical (unpaired) electrons. The van der Waals surface area contributed by atoms with Gasteiger partial charge in [-0.3, -0.25) is 19.9 Å². The average molecular weight is 540 g/mol. The number of pyridine rings is 4. The summed E-state index contributed by atoms with van der Waals surface area (Å²) in [6, 6.07) is 16.2. The third-order valence-corrected chi connectivity index (χ3v) is 4.17. The average Bonchev–Trinajstić information content (AvgIpc) is 2.77. The molecule has 4 aromatic rings. The van der Waals surface area contributed by atoms with Gasteiger partial charge in [-0.15, -0.1) is 0 Å². The fourth-order valence-corrected chi connectivity index (χ4v) is 2.48. The predicted octanol–water partition coefficient (Wildman–Crippen LogP) is 6.90. The number of nitrogens with zero attached hydrogens (tertiary/aromatic N) is 4. The minimum atomic E-state index is -0.346. The zero-order valence-corrected chi connectivity index (χ0v) is 21.1. The van der Waals surface area contributed by atoms with Gasteiger partial charge in [0.25, 0.3) is 0 Å². The summed E-state index contributed by atoms with van der Waals surface area (Å²) in [5.74, 6) is 0.